The van der Waals surface area contributed by atoms with Gasteiger partial charge in [-0.1, -0.05) is 6.07 Å². The van der Waals surface area contributed by atoms with Gasteiger partial charge in [-0.15, -0.1) is 0 Å². The van der Waals surface area contributed by atoms with E-state index in [-0.39, 0.29) is 10.8 Å². The summed E-state index contributed by atoms with van der Waals surface area (Å²) in [7, 11) is 1.05. The predicted molar refractivity (Wildman–Crippen MR) is 97.7 cm³/mol. The fraction of sp³-hybridized carbons (Fsp3) is 0.278. The number of benzene rings is 2. The lowest BCUT2D eigenvalue weighted by Crippen LogP contribution is -2.22. The van der Waals surface area contributed by atoms with Gasteiger partial charge in [-0.3, -0.25) is 9.52 Å². The first kappa shape index (κ1) is 18.8. The number of aryl methyl sites for hydroxylation is 2. The van der Waals surface area contributed by atoms with Crippen molar-refractivity contribution in [3.63, 3.8) is 0 Å². The van der Waals surface area contributed by atoms with Crippen LogP contribution in [0, 0.1) is 13.8 Å². The molecule has 0 bridgehead atoms. The molecular formula is C18H22N2O4S. The van der Waals surface area contributed by atoms with Crippen LogP contribution < -0.4 is 9.46 Å². The van der Waals surface area contributed by atoms with E-state index in [9.17, 15) is 13.2 Å². The molecule has 0 atom stereocenters. The van der Waals surface area contributed by atoms with Crippen LogP contribution in [0.4, 0.5) is 5.69 Å². The molecule has 134 valence electrons. The topological polar surface area (TPSA) is 75.7 Å². The highest BCUT2D eigenvalue weighted by molar-refractivity contribution is 7.92. The number of nitrogens with zero attached hydrogens (tertiary/aromatic N) is 1. The Morgan fingerprint density at radius 2 is 1.72 bits per heavy atom. The minimum absolute atomic E-state index is 0.134. The van der Waals surface area contributed by atoms with E-state index in [1.54, 1.807) is 58.3 Å². The fourth-order valence-corrected chi connectivity index (χ4v) is 3.55. The number of methoxy groups -OCH3 is 1. The van der Waals surface area contributed by atoms with Crippen molar-refractivity contribution in [2.24, 2.45) is 0 Å². The molecule has 1 N–H and O–H groups in total. The quantitative estimate of drug-likeness (QED) is 0.887. The van der Waals surface area contributed by atoms with Gasteiger partial charge in [-0.25, -0.2) is 8.42 Å². The van der Waals surface area contributed by atoms with Gasteiger partial charge in [0.15, 0.2) is 0 Å². The molecule has 0 aliphatic heterocycles. The van der Waals surface area contributed by atoms with Crippen LogP contribution in [-0.4, -0.2) is 40.4 Å². The summed E-state index contributed by atoms with van der Waals surface area (Å²) in [6.45, 7) is 3.56. The number of carbonyl (C=O) groups excluding carboxylic acids is 1. The summed E-state index contributed by atoms with van der Waals surface area (Å²) in [5.74, 6) is 0.425. The van der Waals surface area contributed by atoms with E-state index >= 15 is 0 Å². The van der Waals surface area contributed by atoms with Crippen molar-refractivity contribution in [3.8, 4) is 5.75 Å². The van der Waals surface area contributed by atoms with Gasteiger partial charge in [-0.2, -0.15) is 0 Å². The molecule has 0 saturated heterocycles. The Morgan fingerprint density at radius 1 is 1.04 bits per heavy atom. The number of hydrogen-bond acceptors (Lipinski definition) is 4. The molecule has 0 unspecified atom stereocenters. The molecule has 0 aliphatic rings. The van der Waals surface area contributed by atoms with Crippen molar-refractivity contribution in [1.82, 2.24) is 4.90 Å². The van der Waals surface area contributed by atoms with Gasteiger partial charge in [0.2, 0.25) is 0 Å². The number of sulfonamides is 1. The van der Waals surface area contributed by atoms with Crippen molar-refractivity contribution in [2.75, 3.05) is 25.9 Å². The Balaban J connectivity index is 2.39. The molecule has 2 rings (SSSR count). The van der Waals surface area contributed by atoms with Crippen LogP contribution in [0.25, 0.3) is 0 Å². The Hall–Kier alpha value is -2.54. The van der Waals surface area contributed by atoms with Crippen LogP contribution in [0.5, 0.6) is 5.75 Å². The van der Waals surface area contributed by atoms with Gasteiger partial charge < -0.3 is 9.64 Å². The number of ether oxygens (including phenoxy) is 1. The average molecular weight is 362 g/mol. The first-order valence-electron chi connectivity index (χ1n) is 7.65. The highest BCUT2D eigenvalue weighted by atomic mass is 32.2. The van der Waals surface area contributed by atoms with Crippen LogP contribution in [0.2, 0.25) is 0 Å². The van der Waals surface area contributed by atoms with Gasteiger partial charge in [0.1, 0.15) is 5.75 Å². The second-order valence-corrected chi connectivity index (χ2v) is 7.65. The second-order valence-electron chi connectivity index (χ2n) is 5.97. The van der Waals surface area contributed by atoms with E-state index in [1.165, 1.54) is 18.1 Å². The molecule has 0 spiro atoms. The minimum atomic E-state index is -3.78. The fourth-order valence-electron chi connectivity index (χ4n) is 2.34. The van der Waals surface area contributed by atoms with Gasteiger partial charge in [0, 0.05) is 19.7 Å². The molecule has 6 nitrogen and oxygen atoms in total. The average Bonchev–Trinajstić information content (AvgIpc) is 2.55. The molecule has 0 fully saturated rings. The first-order valence-corrected chi connectivity index (χ1v) is 9.14. The van der Waals surface area contributed by atoms with Crippen LogP contribution in [0.3, 0.4) is 0 Å². The Kier molecular flexibility index (Phi) is 5.37. The van der Waals surface area contributed by atoms with E-state index in [4.69, 9.17) is 4.74 Å². The maximum absolute atomic E-state index is 12.7. The van der Waals surface area contributed by atoms with E-state index in [0.29, 0.717) is 17.0 Å². The summed E-state index contributed by atoms with van der Waals surface area (Å²) in [5.41, 5.74) is 2.24. The number of anilines is 1. The summed E-state index contributed by atoms with van der Waals surface area (Å²) >= 11 is 0. The predicted octanol–water partition coefficient (Wildman–Crippen LogP) is 2.81. The third kappa shape index (κ3) is 4.11. The maximum Gasteiger partial charge on any atom is 0.261 e. The molecule has 0 aromatic heterocycles. The zero-order chi connectivity index (χ0) is 18.8. The van der Waals surface area contributed by atoms with Gasteiger partial charge in [0.05, 0.1) is 17.7 Å². The van der Waals surface area contributed by atoms with Crippen molar-refractivity contribution >= 4 is 21.6 Å². The van der Waals surface area contributed by atoms with Crippen molar-refractivity contribution < 1.29 is 17.9 Å². The Bertz CT molecular complexity index is 905. The Morgan fingerprint density at radius 3 is 2.28 bits per heavy atom. The zero-order valence-electron chi connectivity index (χ0n) is 15.0. The van der Waals surface area contributed by atoms with E-state index in [0.717, 1.165) is 11.1 Å². The smallest absolute Gasteiger partial charge is 0.261 e. The van der Waals surface area contributed by atoms with E-state index < -0.39 is 10.0 Å². The van der Waals surface area contributed by atoms with Crippen LogP contribution in [0.1, 0.15) is 21.5 Å². The third-order valence-electron chi connectivity index (χ3n) is 3.81. The molecule has 7 heteroatoms. The molecule has 0 radical (unpaired) electrons. The van der Waals surface area contributed by atoms with Gasteiger partial charge in [0.25, 0.3) is 15.9 Å². The van der Waals surface area contributed by atoms with Crippen molar-refractivity contribution in [2.45, 2.75) is 18.7 Å². The number of nitrogens with one attached hydrogen (secondary N) is 1. The highest BCUT2D eigenvalue weighted by Gasteiger charge is 2.18. The van der Waals surface area contributed by atoms with E-state index in [1.807, 2.05) is 0 Å². The zero-order valence-corrected chi connectivity index (χ0v) is 15.8. The van der Waals surface area contributed by atoms with E-state index in [2.05, 4.69) is 4.72 Å². The molecule has 25 heavy (non-hydrogen) atoms. The minimum Gasteiger partial charge on any atom is -0.496 e. The number of amides is 1. The number of rotatable bonds is 5. The summed E-state index contributed by atoms with van der Waals surface area (Å²) in [4.78, 5) is 13.7. The molecule has 1 amide bonds. The summed E-state index contributed by atoms with van der Waals surface area (Å²) in [6.07, 6.45) is 0. The van der Waals surface area contributed by atoms with Crippen LogP contribution in [-0.2, 0) is 10.0 Å². The van der Waals surface area contributed by atoms with Gasteiger partial charge in [-0.05, 0) is 55.3 Å². The normalized spacial score (nSPS) is 11.1. The monoisotopic (exact) mass is 362 g/mol. The summed E-state index contributed by atoms with van der Waals surface area (Å²) in [5, 5.41) is 0. The molecule has 0 aliphatic carbocycles. The molecule has 2 aromatic carbocycles. The Labute approximate surface area is 148 Å². The highest BCUT2D eigenvalue weighted by Crippen LogP contribution is 2.25. The van der Waals surface area contributed by atoms with Crippen LogP contribution in [0.15, 0.2) is 41.3 Å². The van der Waals surface area contributed by atoms with Gasteiger partial charge >= 0.3 is 0 Å². The lowest BCUT2D eigenvalue weighted by molar-refractivity contribution is 0.0827. The lowest BCUT2D eigenvalue weighted by Gasteiger charge is -2.15. The second kappa shape index (κ2) is 7.14. The van der Waals surface area contributed by atoms with Crippen LogP contribution >= 0.6 is 0 Å². The molecule has 0 heterocycles. The standard InChI is InChI=1S/C18H22N2O4S/c1-12-6-7-14(18(21)20(3)4)11-16(12)19-25(22,23)15-8-9-17(24-5)13(2)10-15/h6-11,19H,1-5H3. The SMILES string of the molecule is COc1ccc(S(=O)(=O)Nc2cc(C(=O)N(C)C)ccc2C)cc1C. The third-order valence-corrected chi connectivity index (χ3v) is 5.17. The first-order chi connectivity index (χ1) is 11.7. The molecule has 0 saturated carbocycles. The van der Waals surface area contributed by atoms with Crippen molar-refractivity contribution in [1.29, 1.82) is 0 Å². The largest absolute Gasteiger partial charge is 0.496 e. The molecular weight excluding hydrogens is 340 g/mol. The number of carbonyl (C=O) groups is 1. The summed E-state index contributed by atoms with van der Waals surface area (Å²) < 4.78 is 33.1. The van der Waals surface area contributed by atoms with Crippen molar-refractivity contribution in [3.05, 3.63) is 53.1 Å². The lowest BCUT2D eigenvalue weighted by atomic mass is 10.1. The molecule has 2 aromatic rings. The maximum atomic E-state index is 12.7. The summed E-state index contributed by atoms with van der Waals surface area (Å²) in [6, 6.07) is 9.58. The number of hydrogen-bond donors (Lipinski definition) is 1.